The summed E-state index contributed by atoms with van der Waals surface area (Å²) in [6.07, 6.45) is 6.78. The zero-order chi connectivity index (χ0) is 20.3. The third-order valence-corrected chi connectivity index (χ3v) is 7.51. The van der Waals surface area contributed by atoms with E-state index in [0.29, 0.717) is 6.04 Å². The van der Waals surface area contributed by atoms with Crippen LogP contribution in [0.5, 0.6) is 0 Å². The predicted molar refractivity (Wildman–Crippen MR) is 121 cm³/mol. The van der Waals surface area contributed by atoms with Crippen molar-refractivity contribution in [2.75, 3.05) is 18.4 Å². The molecule has 1 N–H and O–H groups in total. The molecule has 0 unspecified atom stereocenters. The molecule has 0 saturated carbocycles. The number of hydrogen-bond acceptors (Lipinski definition) is 2. The van der Waals surface area contributed by atoms with E-state index in [-0.39, 0.29) is 11.3 Å². The van der Waals surface area contributed by atoms with Crippen LogP contribution in [0.3, 0.4) is 0 Å². The normalized spacial score (nSPS) is 25.0. The molecule has 4 nitrogen and oxygen atoms in total. The highest BCUT2D eigenvalue weighted by atomic mass is 16.2. The van der Waals surface area contributed by atoms with Crippen molar-refractivity contribution in [3.63, 3.8) is 0 Å². The summed E-state index contributed by atoms with van der Waals surface area (Å²) in [5.41, 5.74) is 5.63. The zero-order valence-corrected chi connectivity index (χ0v) is 17.4. The molecule has 1 fully saturated rings. The van der Waals surface area contributed by atoms with Gasteiger partial charge < -0.3 is 9.88 Å². The maximum absolute atomic E-state index is 13.6. The van der Waals surface area contributed by atoms with Gasteiger partial charge in [-0.2, -0.15) is 0 Å². The van der Waals surface area contributed by atoms with Crippen LogP contribution in [0.1, 0.15) is 43.5 Å². The van der Waals surface area contributed by atoms with Crippen LogP contribution in [0.15, 0.2) is 60.7 Å². The van der Waals surface area contributed by atoms with E-state index >= 15 is 0 Å². The lowest BCUT2D eigenvalue weighted by Crippen LogP contribution is -2.51. The van der Waals surface area contributed by atoms with Gasteiger partial charge in [0.25, 0.3) is 5.91 Å². The summed E-state index contributed by atoms with van der Waals surface area (Å²) in [5, 5.41) is 4.46. The molecule has 1 aromatic heterocycles. The fraction of sp³-hybridized carbons (Fsp3) is 0.346. The molecule has 30 heavy (non-hydrogen) atoms. The summed E-state index contributed by atoms with van der Waals surface area (Å²) in [7, 11) is 0. The first-order valence-electron chi connectivity index (χ1n) is 11.2. The molecule has 0 spiro atoms. The first kappa shape index (κ1) is 18.0. The number of aromatic nitrogens is 1. The van der Waals surface area contributed by atoms with Gasteiger partial charge in [0.2, 0.25) is 0 Å². The molecule has 4 heteroatoms. The number of rotatable bonds is 3. The fourth-order valence-corrected chi connectivity index (χ4v) is 6.16. The molecule has 0 radical (unpaired) electrons. The standard InChI is InChI=1S/C26H27N3O/c1-2-26-14-8-15-28-16-13-20-19-11-6-7-12-21(19)29(23(20)24(26)28)22(17-26)25(30)27-18-9-4-3-5-10-18/h3-7,9-12,17,24H,2,8,13-16H2,1H3,(H,27,30)/t24-,26+/m1/s1. The van der Waals surface area contributed by atoms with Crippen LogP contribution in [-0.4, -0.2) is 28.5 Å². The van der Waals surface area contributed by atoms with E-state index in [1.54, 1.807) is 0 Å². The molecule has 1 amide bonds. The molecule has 3 aliphatic heterocycles. The van der Waals surface area contributed by atoms with Crippen LogP contribution >= 0.6 is 0 Å². The first-order chi connectivity index (χ1) is 14.7. The van der Waals surface area contributed by atoms with Crippen LogP contribution in [0.2, 0.25) is 0 Å². The Kier molecular flexibility index (Phi) is 3.94. The number of benzene rings is 2. The lowest BCUT2D eigenvalue weighted by molar-refractivity contribution is -0.111. The minimum absolute atomic E-state index is 0.0151. The van der Waals surface area contributed by atoms with Crippen molar-refractivity contribution in [1.82, 2.24) is 9.47 Å². The molecule has 0 aliphatic carbocycles. The minimum Gasteiger partial charge on any atom is -0.321 e. The van der Waals surface area contributed by atoms with Crippen LogP contribution in [0.25, 0.3) is 16.6 Å². The Morgan fingerprint density at radius 2 is 1.90 bits per heavy atom. The van der Waals surface area contributed by atoms with Gasteiger partial charge in [0.1, 0.15) is 5.70 Å². The maximum atomic E-state index is 13.6. The summed E-state index contributed by atoms with van der Waals surface area (Å²) >= 11 is 0. The zero-order valence-electron chi connectivity index (χ0n) is 17.4. The van der Waals surface area contributed by atoms with E-state index in [2.05, 4.69) is 52.0 Å². The lowest BCUT2D eigenvalue weighted by Gasteiger charge is -2.53. The van der Waals surface area contributed by atoms with E-state index in [4.69, 9.17) is 0 Å². The van der Waals surface area contributed by atoms with Crippen molar-refractivity contribution in [1.29, 1.82) is 0 Å². The van der Waals surface area contributed by atoms with E-state index < -0.39 is 0 Å². The highest BCUT2D eigenvalue weighted by Crippen LogP contribution is 2.57. The molecule has 2 aromatic carbocycles. The molecular weight excluding hydrogens is 370 g/mol. The summed E-state index contributed by atoms with van der Waals surface area (Å²) in [4.78, 5) is 16.3. The van der Waals surface area contributed by atoms with Gasteiger partial charge >= 0.3 is 0 Å². The predicted octanol–water partition coefficient (Wildman–Crippen LogP) is 5.22. The fourth-order valence-electron chi connectivity index (χ4n) is 6.16. The molecule has 152 valence electrons. The average Bonchev–Trinajstić information content (AvgIpc) is 3.13. The van der Waals surface area contributed by atoms with Gasteiger partial charge in [-0.15, -0.1) is 0 Å². The topological polar surface area (TPSA) is 37.3 Å². The molecule has 0 bridgehead atoms. The average molecular weight is 398 g/mol. The van der Waals surface area contributed by atoms with Crippen molar-refractivity contribution in [3.05, 3.63) is 71.9 Å². The number of carbonyl (C=O) groups is 1. The number of piperidine rings is 1. The number of hydrogen-bond donors (Lipinski definition) is 1. The minimum atomic E-state index is -0.0151. The van der Waals surface area contributed by atoms with E-state index in [0.717, 1.165) is 49.3 Å². The van der Waals surface area contributed by atoms with Gasteiger partial charge in [0, 0.05) is 28.7 Å². The summed E-state index contributed by atoms with van der Waals surface area (Å²) in [5.74, 6) is -0.0151. The van der Waals surface area contributed by atoms with E-state index in [9.17, 15) is 4.79 Å². The molecule has 4 heterocycles. The Balaban J connectivity index is 1.59. The van der Waals surface area contributed by atoms with Gasteiger partial charge in [0.05, 0.1) is 11.6 Å². The summed E-state index contributed by atoms with van der Waals surface area (Å²) < 4.78 is 2.28. The van der Waals surface area contributed by atoms with Crippen LogP contribution < -0.4 is 5.32 Å². The molecule has 2 atom stereocenters. The number of fused-ring (bicyclic) bond motifs is 3. The second-order valence-corrected chi connectivity index (χ2v) is 8.94. The molecule has 3 aromatic rings. The third kappa shape index (κ3) is 2.40. The van der Waals surface area contributed by atoms with Crippen molar-refractivity contribution in [3.8, 4) is 0 Å². The van der Waals surface area contributed by atoms with Crippen LogP contribution in [0, 0.1) is 5.41 Å². The Hall–Kier alpha value is -2.85. The molecule has 3 aliphatic rings. The van der Waals surface area contributed by atoms with Crippen molar-refractivity contribution < 1.29 is 4.79 Å². The summed E-state index contributed by atoms with van der Waals surface area (Å²) in [6.45, 7) is 4.57. The molecular formula is C26H27N3O. The van der Waals surface area contributed by atoms with Crippen molar-refractivity contribution in [2.24, 2.45) is 5.41 Å². The van der Waals surface area contributed by atoms with E-state index in [1.807, 2.05) is 30.3 Å². The van der Waals surface area contributed by atoms with Gasteiger partial charge in [-0.1, -0.05) is 43.3 Å². The number of para-hydroxylation sites is 2. The number of carbonyl (C=O) groups excluding carboxylic acids is 1. The Morgan fingerprint density at radius 3 is 2.73 bits per heavy atom. The smallest absolute Gasteiger partial charge is 0.272 e. The van der Waals surface area contributed by atoms with E-state index in [1.165, 1.54) is 23.1 Å². The SMILES string of the molecule is CC[C@@]12C=C(C(=O)Nc3ccccc3)n3c4c(c5ccccc53)CCN(CCC1)[C@H]42. The maximum Gasteiger partial charge on any atom is 0.272 e. The van der Waals surface area contributed by atoms with Gasteiger partial charge in [0.15, 0.2) is 0 Å². The monoisotopic (exact) mass is 397 g/mol. The molecule has 1 saturated heterocycles. The third-order valence-electron chi connectivity index (χ3n) is 7.51. The number of anilines is 1. The summed E-state index contributed by atoms with van der Waals surface area (Å²) in [6, 6.07) is 18.8. The Bertz CT molecular complexity index is 1180. The van der Waals surface area contributed by atoms with Gasteiger partial charge in [-0.25, -0.2) is 0 Å². The highest BCUT2D eigenvalue weighted by Gasteiger charge is 2.50. The number of nitrogens with zero attached hydrogens (tertiary/aromatic N) is 2. The van der Waals surface area contributed by atoms with Crippen molar-refractivity contribution >= 4 is 28.2 Å². The van der Waals surface area contributed by atoms with Crippen molar-refractivity contribution in [2.45, 2.75) is 38.6 Å². The Morgan fingerprint density at radius 1 is 1.10 bits per heavy atom. The largest absolute Gasteiger partial charge is 0.321 e. The second kappa shape index (κ2) is 6.58. The highest BCUT2D eigenvalue weighted by molar-refractivity contribution is 6.22. The van der Waals surface area contributed by atoms with Crippen LogP contribution in [-0.2, 0) is 11.2 Å². The Labute approximate surface area is 177 Å². The van der Waals surface area contributed by atoms with Gasteiger partial charge in [-0.05, 0) is 62.1 Å². The van der Waals surface area contributed by atoms with Gasteiger partial charge in [-0.3, -0.25) is 9.69 Å². The van der Waals surface area contributed by atoms with Crippen LogP contribution in [0.4, 0.5) is 5.69 Å². The lowest BCUT2D eigenvalue weighted by atomic mass is 9.66. The second-order valence-electron chi connectivity index (χ2n) is 8.94. The first-order valence-corrected chi connectivity index (χ1v) is 11.2. The number of amides is 1. The number of nitrogens with one attached hydrogen (secondary N) is 1. The molecule has 6 rings (SSSR count). The quantitative estimate of drug-likeness (QED) is 0.658.